The SMILES string of the molecule is COc1ccc(CC[C@@H](CO)c2ccc(Cl)cc2Cl)cc1. The summed E-state index contributed by atoms with van der Waals surface area (Å²) in [6.07, 6.45) is 1.69. The maximum Gasteiger partial charge on any atom is 0.118 e. The zero-order chi connectivity index (χ0) is 15.2. The zero-order valence-corrected chi connectivity index (χ0v) is 13.4. The van der Waals surface area contributed by atoms with Crippen LogP contribution in [0, 0.1) is 0 Å². The van der Waals surface area contributed by atoms with E-state index in [0.717, 1.165) is 24.2 Å². The van der Waals surface area contributed by atoms with E-state index in [0.29, 0.717) is 10.0 Å². The van der Waals surface area contributed by atoms with Gasteiger partial charge in [0.2, 0.25) is 0 Å². The Morgan fingerprint density at radius 1 is 1.10 bits per heavy atom. The molecular weight excluding hydrogens is 307 g/mol. The Labute approximate surface area is 135 Å². The Morgan fingerprint density at radius 3 is 2.38 bits per heavy atom. The number of methoxy groups -OCH3 is 1. The number of rotatable bonds is 6. The molecule has 2 nitrogen and oxygen atoms in total. The summed E-state index contributed by atoms with van der Waals surface area (Å²) < 4.78 is 5.14. The minimum atomic E-state index is 0.0110. The fourth-order valence-electron chi connectivity index (χ4n) is 2.31. The van der Waals surface area contributed by atoms with Crippen LogP contribution in [0.25, 0.3) is 0 Å². The second-order valence-corrected chi connectivity index (χ2v) is 5.78. The van der Waals surface area contributed by atoms with Crippen LogP contribution in [0.1, 0.15) is 23.5 Å². The van der Waals surface area contributed by atoms with Gasteiger partial charge in [-0.25, -0.2) is 0 Å². The van der Waals surface area contributed by atoms with E-state index in [4.69, 9.17) is 27.9 Å². The second kappa shape index (κ2) is 7.69. The summed E-state index contributed by atoms with van der Waals surface area (Å²) in [5, 5.41) is 10.8. The van der Waals surface area contributed by atoms with E-state index in [1.165, 1.54) is 5.56 Å². The molecule has 2 rings (SSSR count). The van der Waals surface area contributed by atoms with E-state index in [2.05, 4.69) is 0 Å². The quantitative estimate of drug-likeness (QED) is 0.833. The summed E-state index contributed by atoms with van der Waals surface area (Å²) >= 11 is 12.1. The van der Waals surface area contributed by atoms with Crippen LogP contribution in [0.2, 0.25) is 10.0 Å². The van der Waals surface area contributed by atoms with Crippen molar-refractivity contribution in [2.75, 3.05) is 13.7 Å². The third-order valence-electron chi connectivity index (χ3n) is 3.56. The lowest BCUT2D eigenvalue weighted by atomic mass is 9.93. The average molecular weight is 325 g/mol. The van der Waals surface area contributed by atoms with Crippen molar-refractivity contribution in [2.45, 2.75) is 18.8 Å². The van der Waals surface area contributed by atoms with Crippen molar-refractivity contribution in [1.82, 2.24) is 0 Å². The molecule has 0 unspecified atom stereocenters. The molecule has 112 valence electrons. The molecule has 21 heavy (non-hydrogen) atoms. The number of benzene rings is 2. The number of hydrogen-bond donors (Lipinski definition) is 1. The number of aliphatic hydroxyl groups is 1. The van der Waals surface area contributed by atoms with Gasteiger partial charge in [0.05, 0.1) is 7.11 Å². The summed E-state index contributed by atoms with van der Waals surface area (Å²) in [6.45, 7) is 0.0670. The first-order valence-electron chi connectivity index (χ1n) is 6.82. The Bertz CT molecular complexity index is 582. The molecule has 0 heterocycles. The summed E-state index contributed by atoms with van der Waals surface area (Å²) in [6, 6.07) is 13.4. The molecule has 2 aromatic carbocycles. The molecule has 0 spiro atoms. The third kappa shape index (κ3) is 4.37. The van der Waals surface area contributed by atoms with E-state index in [1.807, 2.05) is 30.3 Å². The van der Waals surface area contributed by atoms with Gasteiger partial charge in [0.1, 0.15) is 5.75 Å². The van der Waals surface area contributed by atoms with Crippen LogP contribution in [0.5, 0.6) is 5.75 Å². The molecule has 2 aromatic rings. The number of aliphatic hydroxyl groups excluding tert-OH is 1. The molecule has 0 saturated heterocycles. The topological polar surface area (TPSA) is 29.5 Å². The number of ether oxygens (including phenoxy) is 1. The smallest absolute Gasteiger partial charge is 0.118 e. The van der Waals surface area contributed by atoms with Gasteiger partial charge in [-0.15, -0.1) is 0 Å². The molecule has 0 aliphatic carbocycles. The highest BCUT2D eigenvalue weighted by Gasteiger charge is 2.14. The van der Waals surface area contributed by atoms with E-state index in [9.17, 15) is 5.11 Å². The van der Waals surface area contributed by atoms with Gasteiger partial charge in [-0.3, -0.25) is 0 Å². The van der Waals surface area contributed by atoms with Crippen LogP contribution in [0.4, 0.5) is 0 Å². The maximum atomic E-state index is 9.62. The van der Waals surface area contributed by atoms with E-state index < -0.39 is 0 Å². The van der Waals surface area contributed by atoms with Crippen molar-refractivity contribution in [3.8, 4) is 5.75 Å². The lowest BCUT2D eigenvalue weighted by molar-refractivity contribution is 0.259. The monoisotopic (exact) mass is 324 g/mol. The molecule has 0 aliphatic heterocycles. The van der Waals surface area contributed by atoms with Crippen LogP contribution in [0.15, 0.2) is 42.5 Å². The van der Waals surface area contributed by atoms with Crippen molar-refractivity contribution in [3.05, 3.63) is 63.6 Å². The van der Waals surface area contributed by atoms with Crippen molar-refractivity contribution in [1.29, 1.82) is 0 Å². The highest BCUT2D eigenvalue weighted by Crippen LogP contribution is 2.30. The highest BCUT2D eigenvalue weighted by molar-refractivity contribution is 6.35. The van der Waals surface area contributed by atoms with Gasteiger partial charge in [0.25, 0.3) is 0 Å². The first kappa shape index (κ1) is 16.2. The molecule has 0 fully saturated rings. The Kier molecular flexibility index (Phi) is 5.92. The van der Waals surface area contributed by atoms with Gasteiger partial charge in [-0.2, -0.15) is 0 Å². The minimum Gasteiger partial charge on any atom is -0.497 e. The standard InChI is InChI=1S/C17H18Cl2O2/c1-21-15-7-3-12(4-8-15)2-5-13(11-20)16-9-6-14(18)10-17(16)19/h3-4,6-10,13,20H,2,5,11H2,1H3/t13-/m0/s1. The third-order valence-corrected chi connectivity index (χ3v) is 4.13. The van der Waals surface area contributed by atoms with Gasteiger partial charge in [0.15, 0.2) is 0 Å². The Hall–Kier alpha value is -1.22. The highest BCUT2D eigenvalue weighted by atomic mass is 35.5. The number of aryl methyl sites for hydroxylation is 1. The number of hydrogen-bond acceptors (Lipinski definition) is 2. The minimum absolute atomic E-state index is 0.0110. The zero-order valence-electron chi connectivity index (χ0n) is 11.9. The molecule has 0 aromatic heterocycles. The van der Waals surface area contributed by atoms with Crippen molar-refractivity contribution >= 4 is 23.2 Å². The predicted molar refractivity (Wildman–Crippen MR) is 87.6 cm³/mol. The second-order valence-electron chi connectivity index (χ2n) is 4.93. The van der Waals surface area contributed by atoms with Gasteiger partial charge >= 0.3 is 0 Å². The van der Waals surface area contributed by atoms with E-state index in [-0.39, 0.29) is 12.5 Å². The molecule has 0 bridgehead atoms. The van der Waals surface area contributed by atoms with Crippen LogP contribution in [-0.2, 0) is 6.42 Å². The fourth-order valence-corrected chi connectivity index (χ4v) is 2.87. The first-order valence-corrected chi connectivity index (χ1v) is 7.58. The summed E-state index contributed by atoms with van der Waals surface area (Å²) in [5.74, 6) is 0.857. The molecule has 0 saturated carbocycles. The predicted octanol–water partition coefficient (Wildman–Crippen LogP) is 4.71. The molecule has 4 heteroatoms. The fraction of sp³-hybridized carbons (Fsp3) is 0.294. The average Bonchev–Trinajstić information content (AvgIpc) is 2.50. The Morgan fingerprint density at radius 2 is 1.81 bits per heavy atom. The van der Waals surface area contributed by atoms with Crippen molar-refractivity contribution < 1.29 is 9.84 Å². The molecular formula is C17H18Cl2O2. The van der Waals surface area contributed by atoms with Crippen LogP contribution >= 0.6 is 23.2 Å². The number of halogens is 2. The molecule has 0 radical (unpaired) electrons. The summed E-state index contributed by atoms with van der Waals surface area (Å²) in [4.78, 5) is 0. The van der Waals surface area contributed by atoms with Crippen molar-refractivity contribution in [3.63, 3.8) is 0 Å². The Balaban J connectivity index is 2.04. The van der Waals surface area contributed by atoms with Crippen molar-refractivity contribution in [2.24, 2.45) is 0 Å². The van der Waals surface area contributed by atoms with Crippen LogP contribution in [-0.4, -0.2) is 18.8 Å². The molecule has 1 atom stereocenters. The van der Waals surface area contributed by atoms with E-state index in [1.54, 1.807) is 19.2 Å². The van der Waals surface area contributed by atoms with Crippen LogP contribution in [0.3, 0.4) is 0 Å². The molecule has 0 amide bonds. The van der Waals surface area contributed by atoms with E-state index >= 15 is 0 Å². The lowest BCUT2D eigenvalue weighted by Gasteiger charge is -2.16. The van der Waals surface area contributed by atoms with Gasteiger partial charge in [0, 0.05) is 22.6 Å². The van der Waals surface area contributed by atoms with Gasteiger partial charge in [-0.1, -0.05) is 41.4 Å². The maximum absolute atomic E-state index is 9.62. The van der Waals surface area contributed by atoms with Gasteiger partial charge in [-0.05, 0) is 48.2 Å². The largest absolute Gasteiger partial charge is 0.497 e. The van der Waals surface area contributed by atoms with Crippen LogP contribution < -0.4 is 4.74 Å². The normalized spacial score (nSPS) is 12.2. The lowest BCUT2D eigenvalue weighted by Crippen LogP contribution is -2.06. The molecule has 0 aliphatic rings. The molecule has 1 N–H and O–H groups in total. The first-order chi connectivity index (χ1) is 10.1. The van der Waals surface area contributed by atoms with Gasteiger partial charge < -0.3 is 9.84 Å². The summed E-state index contributed by atoms with van der Waals surface area (Å²) in [5.41, 5.74) is 2.15. The summed E-state index contributed by atoms with van der Waals surface area (Å²) in [7, 11) is 1.65.